The maximum atomic E-state index is 14.4. The predicted octanol–water partition coefficient (Wildman–Crippen LogP) is -4.95. The molecule has 0 unspecified atom stereocenters. The first kappa shape index (κ1) is 38.8. The van der Waals surface area contributed by atoms with Crippen LogP contribution in [0.25, 0.3) is 22.3 Å². The average molecular weight is 759 g/mol. The van der Waals surface area contributed by atoms with Gasteiger partial charge in [0.1, 0.15) is 89.6 Å². The monoisotopic (exact) mass is 758 g/mol. The van der Waals surface area contributed by atoms with Crippen molar-refractivity contribution < 1.29 is 99.2 Å². The van der Waals surface area contributed by atoms with Crippen molar-refractivity contribution in [1.82, 2.24) is 0 Å². The van der Waals surface area contributed by atoms with Crippen LogP contribution in [0.15, 0.2) is 39.5 Å². The second-order valence-electron chi connectivity index (χ2n) is 12.6. The molecule has 3 saturated heterocycles. The topological polar surface area (TPSA) is 349 Å². The Morgan fingerprint density at radius 1 is 0.642 bits per heavy atom. The Bertz CT molecular complexity index is 1810. The Labute approximate surface area is 296 Å². The molecule has 0 saturated carbocycles. The smallest absolute Gasteiger partial charge is 0.239 e. The number of fused-ring (bicyclic) bond motifs is 1. The fourth-order valence-electron chi connectivity index (χ4n) is 5.95. The molecule has 3 aliphatic heterocycles. The lowest BCUT2D eigenvalue weighted by atomic mass is 9.99. The van der Waals surface area contributed by atoms with Crippen LogP contribution in [0.2, 0.25) is 0 Å². The molecule has 0 aliphatic carbocycles. The van der Waals surface area contributed by atoms with Crippen molar-refractivity contribution in [3.05, 3.63) is 40.6 Å². The van der Waals surface area contributed by atoms with E-state index in [4.69, 9.17) is 32.8 Å². The summed E-state index contributed by atoms with van der Waals surface area (Å²) in [7, 11) is 0. The van der Waals surface area contributed by atoms with Gasteiger partial charge < -0.3 is 99.2 Å². The molecule has 53 heavy (non-hydrogen) atoms. The number of rotatable bonds is 9. The van der Waals surface area contributed by atoms with Crippen molar-refractivity contribution in [2.45, 2.75) is 86.0 Å². The lowest BCUT2D eigenvalue weighted by Crippen LogP contribution is -2.60. The summed E-state index contributed by atoms with van der Waals surface area (Å²) in [5, 5.41) is 132. The lowest BCUT2D eigenvalue weighted by molar-refractivity contribution is -0.278. The molecule has 3 fully saturated rings. The number of hydrogen-bond acceptors (Lipinski definition) is 21. The summed E-state index contributed by atoms with van der Waals surface area (Å²) >= 11 is 0. The molecule has 21 nitrogen and oxygen atoms in total. The van der Waals surface area contributed by atoms with Gasteiger partial charge in [0.05, 0.1) is 19.8 Å². The summed E-state index contributed by atoms with van der Waals surface area (Å²) < 4.78 is 39.5. The largest absolute Gasteiger partial charge is 0.504 e. The molecule has 292 valence electrons. The minimum absolute atomic E-state index is 0.114. The van der Waals surface area contributed by atoms with Crippen LogP contribution in [-0.4, -0.2) is 172 Å². The highest BCUT2D eigenvalue weighted by molar-refractivity contribution is 5.89. The van der Waals surface area contributed by atoms with Crippen molar-refractivity contribution in [3.8, 4) is 40.1 Å². The quantitative estimate of drug-likeness (QED) is 0.0909. The van der Waals surface area contributed by atoms with E-state index in [0.717, 1.165) is 24.3 Å². The second-order valence-corrected chi connectivity index (χ2v) is 12.6. The zero-order valence-electron chi connectivity index (χ0n) is 27.2. The number of aliphatic hydroxyl groups excluding tert-OH is 11. The molecule has 4 heterocycles. The highest BCUT2D eigenvalue weighted by Crippen LogP contribution is 2.41. The van der Waals surface area contributed by atoms with Gasteiger partial charge in [0.2, 0.25) is 30.0 Å². The van der Waals surface area contributed by atoms with Gasteiger partial charge in [-0.1, -0.05) is 0 Å². The van der Waals surface area contributed by atoms with Crippen LogP contribution in [0.1, 0.15) is 0 Å². The van der Waals surface area contributed by atoms with Gasteiger partial charge in [-0.25, -0.2) is 0 Å². The average Bonchev–Trinajstić information content (AvgIpc) is 3.14. The maximum Gasteiger partial charge on any atom is 0.239 e. The minimum Gasteiger partial charge on any atom is -0.504 e. The van der Waals surface area contributed by atoms with Crippen LogP contribution in [0.5, 0.6) is 28.7 Å². The zero-order chi connectivity index (χ0) is 38.5. The SMILES string of the molecule is O=c1c(O[C@@H]2OC[C@@H](O)[C@H](O)[C@H]2O)c(-c2ccc(O)c(O)c2)oc2cc(O[C@@H]3O[C@H](CO)[C@@H](O)[C@H](O)[C@H]3O)cc(O[C@@H]3O[C@H](CO)[C@@H](O)[C@H](O)[C@H]3O)c12. The predicted molar refractivity (Wildman–Crippen MR) is 168 cm³/mol. The number of benzene rings is 2. The summed E-state index contributed by atoms with van der Waals surface area (Å²) in [6, 6.07) is 5.24. The van der Waals surface area contributed by atoms with Crippen LogP contribution < -0.4 is 19.6 Å². The molecule has 1 aromatic heterocycles. The zero-order valence-corrected chi connectivity index (χ0v) is 27.2. The van der Waals surface area contributed by atoms with E-state index >= 15 is 0 Å². The fourth-order valence-corrected chi connectivity index (χ4v) is 5.95. The van der Waals surface area contributed by atoms with Crippen molar-refractivity contribution in [1.29, 1.82) is 0 Å². The van der Waals surface area contributed by atoms with E-state index in [9.17, 15) is 71.2 Å². The molecular formula is C32H38O21. The summed E-state index contributed by atoms with van der Waals surface area (Å²) in [4.78, 5) is 14.4. The van der Waals surface area contributed by atoms with Gasteiger partial charge in [0.15, 0.2) is 17.3 Å². The summed E-state index contributed by atoms with van der Waals surface area (Å²) in [5.74, 6) is -3.41. The first-order valence-corrected chi connectivity index (χ1v) is 16.1. The Morgan fingerprint density at radius 2 is 1.23 bits per heavy atom. The lowest BCUT2D eigenvalue weighted by Gasteiger charge is -2.40. The number of aromatic hydroxyl groups is 2. The van der Waals surface area contributed by atoms with Gasteiger partial charge in [0.25, 0.3) is 0 Å². The van der Waals surface area contributed by atoms with Gasteiger partial charge in [-0.3, -0.25) is 4.79 Å². The summed E-state index contributed by atoms with van der Waals surface area (Å²) in [5.41, 5.74) is -1.67. The maximum absolute atomic E-state index is 14.4. The Hall–Kier alpha value is -3.91. The Kier molecular flexibility index (Phi) is 11.3. The summed E-state index contributed by atoms with van der Waals surface area (Å²) in [6.45, 7) is -2.19. The molecule has 0 bridgehead atoms. The number of phenols is 2. The first-order chi connectivity index (χ1) is 25.1. The third-order valence-electron chi connectivity index (χ3n) is 9.01. The van der Waals surface area contributed by atoms with Crippen LogP contribution in [0.4, 0.5) is 0 Å². The van der Waals surface area contributed by atoms with Crippen LogP contribution >= 0.6 is 0 Å². The van der Waals surface area contributed by atoms with Crippen LogP contribution in [0.3, 0.4) is 0 Å². The van der Waals surface area contributed by atoms with Crippen LogP contribution in [0, 0.1) is 0 Å². The van der Waals surface area contributed by atoms with E-state index in [1.807, 2.05) is 0 Å². The second kappa shape index (κ2) is 15.4. The minimum atomic E-state index is -2.00. The van der Waals surface area contributed by atoms with Crippen LogP contribution in [-0.2, 0) is 14.2 Å². The third-order valence-corrected chi connectivity index (χ3v) is 9.01. The molecule has 2 aromatic carbocycles. The molecule has 21 heteroatoms. The highest BCUT2D eigenvalue weighted by Gasteiger charge is 2.47. The number of hydrogen-bond donors (Lipinski definition) is 13. The van der Waals surface area contributed by atoms with Gasteiger partial charge in [-0.2, -0.15) is 0 Å². The van der Waals surface area contributed by atoms with Gasteiger partial charge >= 0.3 is 0 Å². The molecule has 0 spiro atoms. The highest BCUT2D eigenvalue weighted by atomic mass is 16.7. The number of phenolic OH excluding ortho intramolecular Hbond substituents is 2. The van der Waals surface area contributed by atoms with Crippen molar-refractivity contribution in [2.24, 2.45) is 0 Å². The Morgan fingerprint density at radius 3 is 1.81 bits per heavy atom. The number of ether oxygens (including phenoxy) is 6. The van der Waals surface area contributed by atoms with E-state index in [1.165, 1.54) is 6.07 Å². The van der Waals surface area contributed by atoms with E-state index in [1.54, 1.807) is 0 Å². The molecule has 14 atom stereocenters. The van der Waals surface area contributed by atoms with E-state index < -0.39 is 151 Å². The van der Waals surface area contributed by atoms with Gasteiger partial charge in [-0.15, -0.1) is 0 Å². The van der Waals surface area contributed by atoms with Crippen molar-refractivity contribution in [2.75, 3.05) is 19.8 Å². The molecule has 3 aliphatic rings. The van der Waals surface area contributed by atoms with Crippen molar-refractivity contribution >= 4 is 11.0 Å². The molecule has 0 amide bonds. The first-order valence-electron chi connectivity index (χ1n) is 16.1. The molecule has 0 radical (unpaired) electrons. The molecule has 3 aromatic rings. The molecular weight excluding hydrogens is 720 g/mol. The van der Waals surface area contributed by atoms with E-state index in [2.05, 4.69) is 0 Å². The van der Waals surface area contributed by atoms with Crippen molar-refractivity contribution in [3.63, 3.8) is 0 Å². The molecule has 13 N–H and O–H groups in total. The third kappa shape index (κ3) is 7.33. The van der Waals surface area contributed by atoms with Gasteiger partial charge in [-0.05, 0) is 18.2 Å². The summed E-state index contributed by atoms with van der Waals surface area (Å²) in [6.07, 6.45) is -24.8. The van der Waals surface area contributed by atoms with E-state index in [-0.39, 0.29) is 11.3 Å². The number of aliphatic hydroxyl groups is 11. The van der Waals surface area contributed by atoms with Gasteiger partial charge in [0, 0.05) is 17.7 Å². The van der Waals surface area contributed by atoms with E-state index in [0.29, 0.717) is 0 Å². The Balaban J connectivity index is 1.52. The normalized spacial score (nSPS) is 36.3. The fraction of sp³-hybridized carbons (Fsp3) is 0.531. The standard InChI is InChI=1S/C32H38O21/c33-6-16-20(39)23(42)26(45)31(51-16)48-10-4-14-18(15(5-10)50-32-27(46)24(43)21(40)17(7-34)52-32)22(41)29(53-30-25(44)19(38)13(37)8-47-30)28(49-14)9-1-2-11(35)12(36)3-9/h1-5,13,16-17,19-21,23-27,30-40,42-46H,6-8H2/t13-,16-,17-,19+,20-,21-,23+,24+,25-,26-,27-,30+,31-,32-/m1/s1. The molecule has 6 rings (SSSR count).